The van der Waals surface area contributed by atoms with Gasteiger partial charge >= 0.3 is 6.09 Å². The molecular weight excluding hydrogens is 317 g/mol. The third-order valence-corrected chi connectivity index (χ3v) is 4.08. The fraction of sp³-hybridized carbons (Fsp3) is 0.438. The van der Waals surface area contributed by atoms with Crippen molar-refractivity contribution < 1.29 is 13.9 Å². The van der Waals surface area contributed by atoms with Crippen molar-refractivity contribution in [2.75, 3.05) is 18.1 Å². The molecule has 2 heterocycles. The normalized spacial score (nSPS) is 11.3. The van der Waals surface area contributed by atoms with Gasteiger partial charge in [-0.05, 0) is 39.8 Å². The number of halogens is 1. The van der Waals surface area contributed by atoms with Crippen molar-refractivity contribution in [2.24, 2.45) is 0 Å². The number of alkyl halides is 1. The zero-order valence-corrected chi connectivity index (χ0v) is 14.5. The van der Waals surface area contributed by atoms with Gasteiger partial charge in [-0.3, -0.25) is 9.88 Å². The van der Waals surface area contributed by atoms with E-state index in [2.05, 4.69) is 9.97 Å². The second kappa shape index (κ2) is 7.04. The van der Waals surface area contributed by atoms with E-state index in [1.807, 2.05) is 12.1 Å². The third kappa shape index (κ3) is 4.48. The van der Waals surface area contributed by atoms with Gasteiger partial charge in [0, 0.05) is 18.0 Å². The first-order valence-corrected chi connectivity index (χ1v) is 8.08. The summed E-state index contributed by atoms with van der Waals surface area (Å²) in [6, 6.07) is 3.71. The van der Waals surface area contributed by atoms with Crippen LogP contribution in [0.5, 0.6) is 0 Å². The molecule has 23 heavy (non-hydrogen) atoms. The van der Waals surface area contributed by atoms with Crippen molar-refractivity contribution in [3.05, 3.63) is 30.2 Å². The molecule has 0 unspecified atom stereocenters. The summed E-state index contributed by atoms with van der Waals surface area (Å²) in [7, 11) is 0. The van der Waals surface area contributed by atoms with Crippen LogP contribution >= 0.6 is 11.3 Å². The SMILES string of the molecule is Cc1nc(-c2cccnc2)sc1N(CCF)C(=O)OC(C)(C)C. The van der Waals surface area contributed by atoms with Crippen LogP contribution in [0.1, 0.15) is 26.5 Å². The molecule has 7 heteroatoms. The van der Waals surface area contributed by atoms with Crippen LogP contribution in [0, 0.1) is 6.92 Å². The van der Waals surface area contributed by atoms with E-state index in [9.17, 15) is 9.18 Å². The Hall–Kier alpha value is -2.02. The third-order valence-electron chi connectivity index (χ3n) is 2.85. The van der Waals surface area contributed by atoms with E-state index in [1.54, 1.807) is 40.1 Å². The number of aryl methyl sites for hydroxylation is 1. The Morgan fingerprint density at radius 1 is 1.43 bits per heavy atom. The zero-order chi connectivity index (χ0) is 17.0. The quantitative estimate of drug-likeness (QED) is 0.838. The molecule has 0 radical (unpaired) electrons. The molecule has 0 aliphatic heterocycles. The molecule has 0 aliphatic rings. The van der Waals surface area contributed by atoms with Crippen molar-refractivity contribution in [1.82, 2.24) is 9.97 Å². The monoisotopic (exact) mass is 337 g/mol. The highest BCUT2D eigenvalue weighted by molar-refractivity contribution is 7.19. The number of nitrogens with zero attached hydrogens (tertiary/aromatic N) is 3. The molecule has 0 spiro atoms. The minimum Gasteiger partial charge on any atom is -0.443 e. The van der Waals surface area contributed by atoms with Gasteiger partial charge in [0.2, 0.25) is 0 Å². The molecule has 1 amide bonds. The molecule has 0 atom stereocenters. The molecule has 0 saturated heterocycles. The Balaban J connectivity index is 2.33. The van der Waals surface area contributed by atoms with Gasteiger partial charge in [0.1, 0.15) is 22.3 Å². The van der Waals surface area contributed by atoms with E-state index in [1.165, 1.54) is 16.2 Å². The van der Waals surface area contributed by atoms with Crippen LogP contribution in [-0.4, -0.2) is 34.9 Å². The van der Waals surface area contributed by atoms with E-state index in [-0.39, 0.29) is 6.54 Å². The average molecular weight is 337 g/mol. The van der Waals surface area contributed by atoms with Crippen LogP contribution < -0.4 is 4.90 Å². The number of aromatic nitrogens is 2. The van der Waals surface area contributed by atoms with Gasteiger partial charge < -0.3 is 4.74 Å². The maximum absolute atomic E-state index is 12.9. The molecule has 0 aromatic carbocycles. The zero-order valence-electron chi connectivity index (χ0n) is 13.7. The first-order chi connectivity index (χ1) is 10.8. The molecular formula is C16H20FN3O2S. The predicted molar refractivity (Wildman–Crippen MR) is 89.6 cm³/mol. The van der Waals surface area contributed by atoms with Gasteiger partial charge in [-0.25, -0.2) is 14.2 Å². The lowest BCUT2D eigenvalue weighted by molar-refractivity contribution is 0.0578. The number of hydrogen-bond donors (Lipinski definition) is 0. The van der Waals surface area contributed by atoms with Crippen LogP contribution in [0.3, 0.4) is 0 Å². The first kappa shape index (κ1) is 17.3. The lowest BCUT2D eigenvalue weighted by atomic mass is 10.2. The highest BCUT2D eigenvalue weighted by Crippen LogP contribution is 2.34. The Labute approximate surface area is 139 Å². The molecule has 0 N–H and O–H groups in total. The van der Waals surface area contributed by atoms with Gasteiger partial charge in [-0.2, -0.15) is 0 Å². The van der Waals surface area contributed by atoms with Gasteiger partial charge in [-0.15, -0.1) is 0 Å². The van der Waals surface area contributed by atoms with E-state index in [0.717, 1.165) is 10.6 Å². The van der Waals surface area contributed by atoms with E-state index >= 15 is 0 Å². The number of ether oxygens (including phenoxy) is 1. The molecule has 124 valence electrons. The highest BCUT2D eigenvalue weighted by atomic mass is 32.1. The number of amides is 1. The first-order valence-electron chi connectivity index (χ1n) is 7.26. The summed E-state index contributed by atoms with van der Waals surface area (Å²) in [5.41, 5.74) is 0.876. The Kier molecular flexibility index (Phi) is 5.30. The smallest absolute Gasteiger partial charge is 0.415 e. The van der Waals surface area contributed by atoms with E-state index < -0.39 is 18.4 Å². The number of anilines is 1. The van der Waals surface area contributed by atoms with Crippen molar-refractivity contribution in [1.29, 1.82) is 0 Å². The second-order valence-corrected chi connectivity index (χ2v) is 6.95. The van der Waals surface area contributed by atoms with Gasteiger partial charge in [0.25, 0.3) is 0 Å². The number of pyridine rings is 1. The van der Waals surface area contributed by atoms with Crippen LogP contribution in [0.2, 0.25) is 0 Å². The van der Waals surface area contributed by atoms with Crippen LogP contribution in [0.4, 0.5) is 14.2 Å². The summed E-state index contributed by atoms with van der Waals surface area (Å²) in [6.07, 6.45) is 2.82. The number of carbonyl (C=O) groups excluding carboxylic acids is 1. The van der Waals surface area contributed by atoms with Crippen molar-refractivity contribution in [2.45, 2.75) is 33.3 Å². The maximum Gasteiger partial charge on any atom is 0.415 e. The van der Waals surface area contributed by atoms with E-state index in [4.69, 9.17) is 4.74 Å². The lowest BCUT2D eigenvalue weighted by Gasteiger charge is -2.26. The van der Waals surface area contributed by atoms with Gasteiger partial charge in [0.05, 0.1) is 12.2 Å². The van der Waals surface area contributed by atoms with Crippen LogP contribution in [0.15, 0.2) is 24.5 Å². The number of carbonyl (C=O) groups is 1. The minimum absolute atomic E-state index is 0.0651. The largest absolute Gasteiger partial charge is 0.443 e. The molecule has 0 saturated carbocycles. The molecule has 0 bridgehead atoms. The molecule has 0 fully saturated rings. The highest BCUT2D eigenvalue weighted by Gasteiger charge is 2.26. The summed E-state index contributed by atoms with van der Waals surface area (Å²) < 4.78 is 18.3. The number of rotatable bonds is 4. The summed E-state index contributed by atoms with van der Waals surface area (Å²) >= 11 is 1.32. The Morgan fingerprint density at radius 3 is 2.74 bits per heavy atom. The number of thiazole rings is 1. The topological polar surface area (TPSA) is 55.3 Å². The van der Waals surface area contributed by atoms with Crippen molar-refractivity contribution in [3.63, 3.8) is 0 Å². The van der Waals surface area contributed by atoms with Gasteiger partial charge in [0.15, 0.2) is 0 Å². The fourth-order valence-corrected chi connectivity index (χ4v) is 3.00. The van der Waals surface area contributed by atoms with E-state index in [0.29, 0.717) is 10.7 Å². The molecule has 2 rings (SSSR count). The standard InChI is InChI=1S/C16H20FN3O2S/c1-11-14(20(9-7-17)15(21)22-16(2,3)4)23-13(19-11)12-6-5-8-18-10-12/h5-6,8,10H,7,9H2,1-4H3. The second-order valence-electron chi connectivity index (χ2n) is 5.97. The van der Waals surface area contributed by atoms with Crippen molar-refractivity contribution in [3.8, 4) is 10.6 Å². The Morgan fingerprint density at radius 2 is 2.17 bits per heavy atom. The average Bonchev–Trinajstić information content (AvgIpc) is 2.85. The lowest BCUT2D eigenvalue weighted by Crippen LogP contribution is -2.38. The fourth-order valence-electron chi connectivity index (χ4n) is 1.93. The molecule has 0 aliphatic carbocycles. The van der Waals surface area contributed by atoms with Gasteiger partial charge in [-0.1, -0.05) is 11.3 Å². The molecule has 2 aromatic rings. The summed E-state index contributed by atoms with van der Waals surface area (Å²) in [5, 5.41) is 1.33. The maximum atomic E-state index is 12.9. The summed E-state index contributed by atoms with van der Waals surface area (Å²) in [4.78, 5) is 22.2. The Bertz CT molecular complexity index is 668. The van der Waals surface area contributed by atoms with Crippen LogP contribution in [-0.2, 0) is 4.74 Å². The van der Waals surface area contributed by atoms with Crippen molar-refractivity contribution >= 4 is 22.4 Å². The minimum atomic E-state index is -0.654. The predicted octanol–water partition coefficient (Wildman–Crippen LogP) is 4.22. The van der Waals surface area contributed by atoms with Crippen LogP contribution in [0.25, 0.3) is 10.6 Å². The number of hydrogen-bond acceptors (Lipinski definition) is 5. The summed E-state index contributed by atoms with van der Waals surface area (Å²) in [5.74, 6) is 0. The molecule has 5 nitrogen and oxygen atoms in total. The molecule has 2 aromatic heterocycles. The summed E-state index contributed by atoms with van der Waals surface area (Å²) in [6.45, 7) is 6.40.